The van der Waals surface area contributed by atoms with E-state index in [-0.39, 0.29) is 0 Å². The molecule has 84 valence electrons. The smallest absolute Gasteiger partial charge is 0.0139 e. The quantitative estimate of drug-likeness (QED) is 0.632. The first-order chi connectivity index (χ1) is 7.08. The molecule has 0 amide bonds. The van der Waals surface area contributed by atoms with E-state index in [1.807, 2.05) is 0 Å². The minimum Gasteiger partial charge on any atom is -0.0654 e. The van der Waals surface area contributed by atoms with Crippen molar-refractivity contribution in [1.82, 2.24) is 0 Å². The summed E-state index contributed by atoms with van der Waals surface area (Å²) in [6, 6.07) is 10.9. The zero-order chi connectivity index (χ0) is 11.3. The van der Waals surface area contributed by atoms with Gasteiger partial charge in [0.15, 0.2) is 0 Å². The van der Waals surface area contributed by atoms with Crippen molar-refractivity contribution in [3.05, 3.63) is 35.9 Å². The first kappa shape index (κ1) is 12.3. The highest BCUT2D eigenvalue weighted by molar-refractivity contribution is 5.20. The maximum Gasteiger partial charge on any atom is -0.0139 e. The maximum absolute atomic E-state index is 2.39. The van der Waals surface area contributed by atoms with Crippen molar-refractivity contribution >= 4 is 0 Å². The predicted octanol–water partition coefficient (Wildman–Crippen LogP) is 5.01. The summed E-state index contributed by atoms with van der Waals surface area (Å²) in [4.78, 5) is 0. The van der Waals surface area contributed by atoms with Gasteiger partial charge in [-0.05, 0) is 23.3 Å². The Morgan fingerprint density at radius 3 is 2.27 bits per heavy atom. The minimum absolute atomic E-state index is 0.414. The van der Waals surface area contributed by atoms with E-state index in [2.05, 4.69) is 58.0 Å². The number of hydrogen-bond acceptors (Lipinski definition) is 0. The Labute approximate surface area is 94.7 Å². The van der Waals surface area contributed by atoms with E-state index in [1.165, 1.54) is 24.8 Å². The molecule has 1 unspecified atom stereocenters. The molecular weight excluding hydrogens is 180 g/mol. The summed E-state index contributed by atoms with van der Waals surface area (Å²) in [5.41, 5.74) is 1.88. The zero-order valence-electron chi connectivity index (χ0n) is 10.6. The summed E-state index contributed by atoms with van der Waals surface area (Å²) in [6.07, 6.45) is 3.95. The molecule has 0 aliphatic carbocycles. The summed E-state index contributed by atoms with van der Waals surface area (Å²) in [5, 5.41) is 0. The molecule has 0 bridgehead atoms. The predicted molar refractivity (Wildman–Crippen MR) is 68.2 cm³/mol. The first-order valence-corrected chi connectivity index (χ1v) is 6.13. The van der Waals surface area contributed by atoms with Gasteiger partial charge in [-0.2, -0.15) is 0 Å². The molecule has 0 fully saturated rings. The molecule has 0 N–H and O–H groups in total. The van der Waals surface area contributed by atoms with Crippen LogP contribution in [-0.2, 0) is 0 Å². The number of hydrogen-bond donors (Lipinski definition) is 0. The van der Waals surface area contributed by atoms with E-state index in [0.717, 1.165) is 0 Å². The lowest BCUT2D eigenvalue weighted by atomic mass is 9.73. The third kappa shape index (κ3) is 3.37. The molecular formula is C15H24. The van der Waals surface area contributed by atoms with Crippen LogP contribution in [0.1, 0.15) is 58.4 Å². The molecule has 0 heterocycles. The molecule has 0 heteroatoms. The van der Waals surface area contributed by atoms with Gasteiger partial charge >= 0.3 is 0 Å². The molecule has 0 aliphatic rings. The van der Waals surface area contributed by atoms with Crippen LogP contribution in [0.4, 0.5) is 0 Å². The van der Waals surface area contributed by atoms with E-state index >= 15 is 0 Å². The van der Waals surface area contributed by atoms with Crippen LogP contribution < -0.4 is 0 Å². The Kier molecular flexibility index (Phi) is 4.38. The SMILES string of the molecule is CCCCC(C)(C)C(C)c1ccccc1. The summed E-state index contributed by atoms with van der Waals surface area (Å²) in [6.45, 7) is 9.40. The van der Waals surface area contributed by atoms with Crippen LogP contribution in [0.3, 0.4) is 0 Å². The van der Waals surface area contributed by atoms with Gasteiger partial charge in [-0.1, -0.05) is 70.9 Å². The second kappa shape index (κ2) is 5.34. The van der Waals surface area contributed by atoms with Crippen LogP contribution in [0, 0.1) is 5.41 Å². The lowest BCUT2D eigenvalue weighted by Crippen LogP contribution is -2.19. The second-order valence-corrected chi connectivity index (χ2v) is 5.22. The van der Waals surface area contributed by atoms with Crippen molar-refractivity contribution in [2.45, 2.75) is 52.9 Å². The minimum atomic E-state index is 0.414. The van der Waals surface area contributed by atoms with Crippen LogP contribution in [0.15, 0.2) is 30.3 Å². The first-order valence-electron chi connectivity index (χ1n) is 6.13. The van der Waals surface area contributed by atoms with Gasteiger partial charge in [0.2, 0.25) is 0 Å². The molecule has 1 rings (SSSR count). The molecule has 1 aromatic rings. The Morgan fingerprint density at radius 2 is 1.73 bits per heavy atom. The van der Waals surface area contributed by atoms with Crippen LogP contribution in [-0.4, -0.2) is 0 Å². The van der Waals surface area contributed by atoms with Crippen molar-refractivity contribution in [2.24, 2.45) is 5.41 Å². The molecule has 1 aromatic carbocycles. The average molecular weight is 204 g/mol. The Hall–Kier alpha value is -0.780. The zero-order valence-corrected chi connectivity index (χ0v) is 10.6. The van der Waals surface area contributed by atoms with Crippen molar-refractivity contribution < 1.29 is 0 Å². The summed E-state index contributed by atoms with van der Waals surface area (Å²) in [7, 11) is 0. The van der Waals surface area contributed by atoms with Crippen molar-refractivity contribution in [3.63, 3.8) is 0 Å². The number of rotatable bonds is 5. The van der Waals surface area contributed by atoms with Gasteiger partial charge in [-0.25, -0.2) is 0 Å². The lowest BCUT2D eigenvalue weighted by molar-refractivity contribution is 0.268. The summed E-state index contributed by atoms with van der Waals surface area (Å²) < 4.78 is 0. The standard InChI is InChI=1S/C15H24/c1-5-6-12-15(3,4)13(2)14-10-8-7-9-11-14/h7-11,13H,5-6,12H2,1-4H3. The molecule has 0 saturated heterocycles. The van der Waals surface area contributed by atoms with Crippen LogP contribution in [0.2, 0.25) is 0 Å². The van der Waals surface area contributed by atoms with Crippen LogP contribution in [0.5, 0.6) is 0 Å². The third-order valence-electron chi connectivity index (χ3n) is 3.65. The van der Waals surface area contributed by atoms with E-state index in [0.29, 0.717) is 11.3 Å². The molecule has 0 aliphatic heterocycles. The normalized spacial score (nSPS) is 13.9. The maximum atomic E-state index is 2.39. The van der Waals surface area contributed by atoms with Crippen LogP contribution in [0.25, 0.3) is 0 Å². The highest BCUT2D eigenvalue weighted by Crippen LogP contribution is 2.39. The highest BCUT2D eigenvalue weighted by atomic mass is 14.3. The summed E-state index contributed by atoms with van der Waals surface area (Å²) >= 11 is 0. The van der Waals surface area contributed by atoms with Gasteiger partial charge in [0, 0.05) is 0 Å². The molecule has 0 spiro atoms. The van der Waals surface area contributed by atoms with Gasteiger partial charge in [0.1, 0.15) is 0 Å². The van der Waals surface area contributed by atoms with Gasteiger partial charge in [-0.3, -0.25) is 0 Å². The third-order valence-corrected chi connectivity index (χ3v) is 3.65. The molecule has 1 atom stereocenters. The average Bonchev–Trinajstić information content (AvgIpc) is 2.26. The van der Waals surface area contributed by atoms with Crippen molar-refractivity contribution in [2.75, 3.05) is 0 Å². The van der Waals surface area contributed by atoms with Crippen molar-refractivity contribution in [1.29, 1.82) is 0 Å². The van der Waals surface area contributed by atoms with Crippen LogP contribution >= 0.6 is 0 Å². The monoisotopic (exact) mass is 204 g/mol. The molecule has 15 heavy (non-hydrogen) atoms. The second-order valence-electron chi connectivity index (χ2n) is 5.22. The largest absolute Gasteiger partial charge is 0.0654 e. The molecule has 0 radical (unpaired) electrons. The van der Waals surface area contributed by atoms with Crippen molar-refractivity contribution in [3.8, 4) is 0 Å². The molecule has 0 nitrogen and oxygen atoms in total. The Balaban J connectivity index is 2.70. The topological polar surface area (TPSA) is 0 Å². The molecule has 0 saturated carbocycles. The van der Waals surface area contributed by atoms with Gasteiger partial charge < -0.3 is 0 Å². The lowest BCUT2D eigenvalue weighted by Gasteiger charge is -2.32. The van der Waals surface area contributed by atoms with E-state index in [4.69, 9.17) is 0 Å². The number of benzene rings is 1. The highest BCUT2D eigenvalue weighted by Gasteiger charge is 2.25. The molecule has 0 aromatic heterocycles. The Morgan fingerprint density at radius 1 is 1.13 bits per heavy atom. The van der Waals surface area contributed by atoms with E-state index in [1.54, 1.807) is 0 Å². The fraction of sp³-hybridized carbons (Fsp3) is 0.600. The fourth-order valence-corrected chi connectivity index (χ4v) is 2.04. The summed E-state index contributed by atoms with van der Waals surface area (Å²) in [5.74, 6) is 0.644. The Bertz CT molecular complexity index is 271. The fourth-order valence-electron chi connectivity index (χ4n) is 2.04. The number of unbranched alkanes of at least 4 members (excludes halogenated alkanes) is 1. The van der Waals surface area contributed by atoms with Gasteiger partial charge in [-0.15, -0.1) is 0 Å². The van der Waals surface area contributed by atoms with E-state index in [9.17, 15) is 0 Å². The van der Waals surface area contributed by atoms with Gasteiger partial charge in [0.05, 0.1) is 0 Å². The van der Waals surface area contributed by atoms with Gasteiger partial charge in [0.25, 0.3) is 0 Å². The van der Waals surface area contributed by atoms with E-state index < -0.39 is 0 Å².